The Morgan fingerprint density at radius 2 is 1.62 bits per heavy atom. The highest BCUT2D eigenvalue weighted by Gasteiger charge is 2.19. The van der Waals surface area contributed by atoms with Gasteiger partial charge < -0.3 is 51.3 Å². The molecule has 1 heterocycles. The number of aromatic nitrogens is 1. The Morgan fingerprint density at radius 3 is 2.16 bits per heavy atom. The van der Waals surface area contributed by atoms with Crippen LogP contribution in [-0.4, -0.2) is 66.7 Å². The number of anilines is 2. The van der Waals surface area contributed by atoms with Crippen molar-refractivity contribution in [3.63, 3.8) is 0 Å². The van der Waals surface area contributed by atoms with Crippen LogP contribution in [0.15, 0.2) is 24.3 Å². The molecular weight excluding hydrogens is 506 g/mol. The largest absolute Gasteiger partial charge is 0.530 e. The van der Waals surface area contributed by atoms with Crippen molar-refractivity contribution < 1.29 is 34.2 Å². The molecule has 0 saturated carbocycles. The SMILES string of the molecule is CC(=O)Nc1nc(CCc2ccc(NC(NC(=O)[O-])NC(=O)[O-])cc2)c(C(=O)NCCC(=O)N(C)C)s1. The van der Waals surface area contributed by atoms with Crippen molar-refractivity contribution in [1.82, 2.24) is 25.8 Å². The van der Waals surface area contributed by atoms with Crippen LogP contribution in [0.3, 0.4) is 0 Å². The van der Waals surface area contributed by atoms with Crippen LogP contribution >= 0.6 is 11.3 Å². The highest BCUT2D eigenvalue weighted by molar-refractivity contribution is 7.17. The molecule has 14 nitrogen and oxygen atoms in total. The monoisotopic (exact) mass is 533 g/mol. The minimum atomic E-state index is -1.69. The number of thiazole rings is 1. The third-order valence-corrected chi connectivity index (χ3v) is 5.76. The number of aryl methyl sites for hydroxylation is 2. The summed E-state index contributed by atoms with van der Waals surface area (Å²) in [5.41, 5.74) is 1.73. The first-order valence-electron chi connectivity index (χ1n) is 11.0. The van der Waals surface area contributed by atoms with Crippen LogP contribution in [0.2, 0.25) is 0 Å². The Balaban J connectivity index is 2.06. The zero-order valence-corrected chi connectivity index (χ0v) is 21.2. The molecule has 0 aliphatic carbocycles. The second kappa shape index (κ2) is 13.6. The van der Waals surface area contributed by atoms with Crippen LogP contribution in [0.1, 0.15) is 34.3 Å². The molecule has 200 valence electrons. The summed E-state index contributed by atoms with van der Waals surface area (Å²) in [4.78, 5) is 63.5. The van der Waals surface area contributed by atoms with Gasteiger partial charge in [-0.3, -0.25) is 14.4 Å². The van der Waals surface area contributed by atoms with Gasteiger partial charge in [0, 0.05) is 39.7 Å². The lowest BCUT2D eigenvalue weighted by molar-refractivity contribution is -0.255. The number of hydrogen-bond acceptors (Lipinski definition) is 10. The fraction of sp³-hybridized carbons (Fsp3) is 0.364. The first kappa shape index (κ1) is 28.8. The minimum Gasteiger partial charge on any atom is -0.530 e. The number of carbonyl (C=O) groups is 5. The molecule has 0 aliphatic heterocycles. The molecule has 5 amide bonds. The third kappa shape index (κ3) is 10.0. The van der Waals surface area contributed by atoms with E-state index in [9.17, 15) is 34.2 Å². The maximum absolute atomic E-state index is 12.7. The maximum atomic E-state index is 12.7. The molecule has 37 heavy (non-hydrogen) atoms. The Labute approximate surface area is 216 Å². The van der Waals surface area contributed by atoms with Gasteiger partial charge in [-0.15, -0.1) is 0 Å². The van der Waals surface area contributed by atoms with Gasteiger partial charge in [0.05, 0.1) is 5.69 Å². The van der Waals surface area contributed by atoms with Gasteiger partial charge in [0.25, 0.3) is 5.91 Å². The van der Waals surface area contributed by atoms with E-state index in [-0.39, 0.29) is 29.9 Å². The first-order chi connectivity index (χ1) is 17.4. The fourth-order valence-corrected chi connectivity index (χ4v) is 4.00. The number of amides is 5. The van der Waals surface area contributed by atoms with Crippen molar-refractivity contribution in [3.05, 3.63) is 40.4 Å². The van der Waals surface area contributed by atoms with Gasteiger partial charge in [-0.2, -0.15) is 0 Å². The van der Waals surface area contributed by atoms with Gasteiger partial charge >= 0.3 is 0 Å². The first-order valence-corrected chi connectivity index (χ1v) is 11.8. The van der Waals surface area contributed by atoms with Crippen LogP contribution in [0.25, 0.3) is 0 Å². The Kier molecular flexibility index (Phi) is 10.6. The lowest BCUT2D eigenvalue weighted by Gasteiger charge is -2.24. The van der Waals surface area contributed by atoms with E-state index >= 15 is 0 Å². The van der Waals surface area contributed by atoms with Gasteiger partial charge in [-0.25, -0.2) is 4.98 Å². The number of carboxylic acid groups (broad SMARTS) is 2. The Hall–Kier alpha value is -4.40. The molecule has 5 N–H and O–H groups in total. The summed E-state index contributed by atoms with van der Waals surface area (Å²) in [5.74, 6) is -0.854. The molecule has 0 atom stereocenters. The Bertz CT molecular complexity index is 1120. The molecule has 0 unspecified atom stereocenters. The average Bonchev–Trinajstić information content (AvgIpc) is 3.19. The average molecular weight is 534 g/mol. The van der Waals surface area contributed by atoms with Crippen LogP contribution < -0.4 is 36.8 Å². The predicted molar refractivity (Wildman–Crippen MR) is 130 cm³/mol. The maximum Gasteiger partial charge on any atom is 0.263 e. The zero-order valence-electron chi connectivity index (χ0n) is 20.4. The summed E-state index contributed by atoms with van der Waals surface area (Å²) in [5, 5.41) is 33.3. The number of hydrogen-bond donors (Lipinski definition) is 5. The van der Waals surface area contributed by atoms with Gasteiger partial charge in [-0.1, -0.05) is 23.5 Å². The minimum absolute atomic E-state index is 0.126. The quantitative estimate of drug-likeness (QED) is 0.204. The highest BCUT2D eigenvalue weighted by atomic mass is 32.1. The number of carbonyl (C=O) groups excluding carboxylic acids is 5. The smallest absolute Gasteiger partial charge is 0.263 e. The van der Waals surface area contributed by atoms with E-state index in [2.05, 4.69) is 20.9 Å². The fourth-order valence-electron chi connectivity index (χ4n) is 3.03. The summed E-state index contributed by atoms with van der Waals surface area (Å²) < 4.78 is 0. The van der Waals surface area contributed by atoms with E-state index < -0.39 is 24.4 Å². The molecule has 0 bridgehead atoms. The molecule has 1 aromatic carbocycles. The molecule has 0 fully saturated rings. The summed E-state index contributed by atoms with van der Waals surface area (Å²) in [7, 11) is 3.25. The molecule has 0 aliphatic rings. The lowest BCUT2D eigenvalue weighted by atomic mass is 10.1. The van der Waals surface area contributed by atoms with Crippen molar-refractivity contribution in [2.45, 2.75) is 32.5 Å². The molecule has 0 radical (unpaired) electrons. The van der Waals surface area contributed by atoms with Crippen LogP contribution in [-0.2, 0) is 22.4 Å². The molecule has 1 aromatic heterocycles. The van der Waals surface area contributed by atoms with E-state index in [1.165, 1.54) is 11.8 Å². The normalized spacial score (nSPS) is 10.4. The molecule has 15 heteroatoms. The van der Waals surface area contributed by atoms with Crippen molar-refractivity contribution in [1.29, 1.82) is 0 Å². The van der Waals surface area contributed by atoms with E-state index in [1.54, 1.807) is 38.4 Å². The summed E-state index contributed by atoms with van der Waals surface area (Å²) >= 11 is 1.03. The third-order valence-electron chi connectivity index (χ3n) is 4.75. The molecular formula is C22H27N7O7S-2. The molecule has 2 aromatic rings. The van der Waals surface area contributed by atoms with Crippen molar-refractivity contribution in [2.24, 2.45) is 0 Å². The van der Waals surface area contributed by atoms with Crippen LogP contribution in [0.4, 0.5) is 20.4 Å². The van der Waals surface area contributed by atoms with E-state index in [0.29, 0.717) is 29.1 Å². The van der Waals surface area contributed by atoms with E-state index in [4.69, 9.17) is 0 Å². The second-order valence-corrected chi connectivity index (χ2v) is 8.91. The van der Waals surface area contributed by atoms with Crippen molar-refractivity contribution >= 4 is 52.1 Å². The number of nitrogens with one attached hydrogen (secondary N) is 5. The summed E-state index contributed by atoms with van der Waals surface area (Å²) in [6.07, 6.45) is -3.77. The van der Waals surface area contributed by atoms with E-state index in [0.717, 1.165) is 16.9 Å². The van der Waals surface area contributed by atoms with Gasteiger partial charge in [0.2, 0.25) is 11.8 Å². The predicted octanol–water partition coefficient (Wildman–Crippen LogP) is -1.34. The number of benzene rings is 1. The van der Waals surface area contributed by atoms with Crippen molar-refractivity contribution in [3.8, 4) is 0 Å². The van der Waals surface area contributed by atoms with Crippen LogP contribution in [0.5, 0.6) is 0 Å². The standard InChI is InChI=1S/C22H29N7O7S/c1-12(30)24-20-26-15(17(37-20)18(32)23-11-10-16(31)29(2)3)9-6-13-4-7-14(8-5-13)25-19(27-21(33)34)28-22(35)36/h4-5,7-8,19,25,27-28H,6,9-11H2,1-3H3,(H,23,32)(H,33,34)(H,35,36)(H,24,26,30)/p-2. The topological polar surface area (TPSA) is 208 Å². The van der Waals surface area contributed by atoms with Crippen LogP contribution in [0, 0.1) is 0 Å². The zero-order chi connectivity index (χ0) is 27.5. The van der Waals surface area contributed by atoms with Gasteiger partial charge in [0.1, 0.15) is 17.1 Å². The van der Waals surface area contributed by atoms with Gasteiger partial charge in [-0.05, 0) is 30.5 Å². The summed E-state index contributed by atoms with van der Waals surface area (Å²) in [6.45, 7) is 1.48. The lowest BCUT2D eigenvalue weighted by Crippen LogP contribution is -2.58. The second-order valence-electron chi connectivity index (χ2n) is 7.91. The molecule has 0 spiro atoms. The Morgan fingerprint density at radius 1 is 1.00 bits per heavy atom. The molecule has 2 rings (SSSR count). The number of nitrogens with zero attached hydrogens (tertiary/aromatic N) is 2. The summed E-state index contributed by atoms with van der Waals surface area (Å²) in [6, 6.07) is 6.67. The number of rotatable bonds is 12. The highest BCUT2D eigenvalue weighted by Crippen LogP contribution is 2.25. The van der Waals surface area contributed by atoms with Crippen molar-refractivity contribution in [2.75, 3.05) is 31.3 Å². The van der Waals surface area contributed by atoms with Gasteiger partial charge in [0.15, 0.2) is 11.4 Å². The van der Waals surface area contributed by atoms with E-state index in [1.807, 2.05) is 10.6 Å². The molecule has 0 saturated heterocycles.